The fraction of sp³-hybridized carbons (Fsp3) is 0.190. The van der Waals surface area contributed by atoms with Gasteiger partial charge in [0.05, 0.1) is 11.7 Å². The zero-order valence-corrected chi connectivity index (χ0v) is 16.1. The Morgan fingerprint density at radius 2 is 1.82 bits per heavy atom. The van der Waals surface area contributed by atoms with Crippen molar-refractivity contribution in [2.24, 2.45) is 0 Å². The van der Waals surface area contributed by atoms with Crippen LogP contribution in [0.2, 0.25) is 0 Å². The van der Waals surface area contributed by atoms with Crippen LogP contribution in [0.5, 0.6) is 0 Å². The molecule has 0 spiro atoms. The van der Waals surface area contributed by atoms with Crippen LogP contribution in [-0.4, -0.2) is 24.7 Å². The molecule has 0 aliphatic heterocycles. The molecule has 7 heteroatoms. The number of hydrogen-bond donors (Lipinski definition) is 1. The van der Waals surface area contributed by atoms with Crippen molar-refractivity contribution in [1.82, 2.24) is 24.7 Å². The van der Waals surface area contributed by atoms with E-state index < -0.39 is 0 Å². The Hall–Kier alpha value is -3.79. The summed E-state index contributed by atoms with van der Waals surface area (Å²) in [5.41, 5.74) is 5.58. The maximum atomic E-state index is 9.52. The minimum atomic E-state index is 0.413. The van der Waals surface area contributed by atoms with Crippen molar-refractivity contribution in [3.63, 3.8) is 0 Å². The van der Waals surface area contributed by atoms with Gasteiger partial charge < -0.3 is 5.32 Å². The highest BCUT2D eigenvalue weighted by atomic mass is 15.4. The van der Waals surface area contributed by atoms with E-state index in [1.165, 1.54) is 18.1 Å². The van der Waals surface area contributed by atoms with Gasteiger partial charge in [-0.2, -0.15) is 15.0 Å². The highest BCUT2D eigenvalue weighted by molar-refractivity contribution is 5.86. The van der Waals surface area contributed by atoms with E-state index in [9.17, 15) is 5.26 Å². The minimum absolute atomic E-state index is 0.413. The summed E-state index contributed by atoms with van der Waals surface area (Å²) in [6, 6.07) is 10.2. The van der Waals surface area contributed by atoms with Gasteiger partial charge in [0.2, 0.25) is 0 Å². The smallest absolute Gasteiger partial charge is 0.156 e. The van der Waals surface area contributed by atoms with Gasteiger partial charge in [0.25, 0.3) is 0 Å². The molecule has 3 aromatic heterocycles. The minimum Gasteiger partial charge on any atom is -0.324 e. The third-order valence-corrected chi connectivity index (χ3v) is 4.60. The Balaban J connectivity index is 1.88. The highest BCUT2D eigenvalue weighted by Gasteiger charge is 2.16. The lowest BCUT2D eigenvalue weighted by Gasteiger charge is -2.13. The average molecular weight is 369 g/mol. The molecule has 0 radical (unpaired) electrons. The van der Waals surface area contributed by atoms with E-state index in [4.69, 9.17) is 4.98 Å². The standard InChI is InChI=1S/C21H19N7/c1-12-5-14(3)20-17(6-12)13(2)7-19(27-20)28-21(16(9-22)10-25-28)26-18-8-15(4)23-11-24-18/h5-8,10-11H,1-4H3,(H,23,24,26). The summed E-state index contributed by atoms with van der Waals surface area (Å²) in [4.78, 5) is 13.2. The van der Waals surface area contributed by atoms with E-state index >= 15 is 0 Å². The number of hydrogen-bond acceptors (Lipinski definition) is 6. The fourth-order valence-corrected chi connectivity index (χ4v) is 3.30. The Labute approximate surface area is 162 Å². The number of nitrogens with one attached hydrogen (secondary N) is 1. The number of anilines is 2. The molecule has 7 nitrogen and oxygen atoms in total. The summed E-state index contributed by atoms with van der Waals surface area (Å²) in [7, 11) is 0. The third-order valence-electron chi connectivity index (χ3n) is 4.60. The molecule has 0 unspecified atom stereocenters. The van der Waals surface area contributed by atoms with Crippen molar-refractivity contribution in [1.29, 1.82) is 5.26 Å². The van der Waals surface area contributed by atoms with Crippen LogP contribution in [0.25, 0.3) is 16.7 Å². The lowest BCUT2D eigenvalue weighted by molar-refractivity contribution is 0.857. The largest absolute Gasteiger partial charge is 0.324 e. The van der Waals surface area contributed by atoms with Gasteiger partial charge >= 0.3 is 0 Å². The van der Waals surface area contributed by atoms with Gasteiger partial charge in [0.1, 0.15) is 23.8 Å². The molecule has 0 saturated heterocycles. The molecule has 0 fully saturated rings. The number of pyridine rings is 1. The molecule has 0 saturated carbocycles. The SMILES string of the molecule is Cc1cc(C)c2nc(-n3ncc(C#N)c3Nc3cc(C)ncn3)cc(C)c2c1. The van der Waals surface area contributed by atoms with Gasteiger partial charge in [-0.25, -0.2) is 15.0 Å². The predicted molar refractivity (Wildman–Crippen MR) is 108 cm³/mol. The van der Waals surface area contributed by atoms with E-state index in [0.29, 0.717) is 23.0 Å². The second-order valence-electron chi connectivity index (χ2n) is 6.88. The predicted octanol–water partition coefficient (Wildman–Crippen LogP) is 4.06. The lowest BCUT2D eigenvalue weighted by Crippen LogP contribution is -2.07. The Kier molecular flexibility index (Phi) is 4.24. The van der Waals surface area contributed by atoms with Crippen LogP contribution in [0.4, 0.5) is 11.6 Å². The summed E-state index contributed by atoms with van der Waals surface area (Å²) in [6.45, 7) is 8.08. The molecule has 28 heavy (non-hydrogen) atoms. The molecule has 4 rings (SSSR count). The molecule has 1 N–H and O–H groups in total. The fourth-order valence-electron chi connectivity index (χ4n) is 3.30. The number of benzene rings is 1. The molecule has 0 aliphatic carbocycles. The maximum absolute atomic E-state index is 9.52. The highest BCUT2D eigenvalue weighted by Crippen LogP contribution is 2.27. The number of aromatic nitrogens is 5. The van der Waals surface area contributed by atoms with Gasteiger partial charge in [-0.15, -0.1) is 0 Å². The molecule has 1 aromatic carbocycles. The van der Waals surface area contributed by atoms with Gasteiger partial charge in [-0.05, 0) is 51.0 Å². The van der Waals surface area contributed by atoms with Crippen LogP contribution in [0.1, 0.15) is 27.9 Å². The Bertz CT molecular complexity index is 1250. The first kappa shape index (κ1) is 17.6. The maximum Gasteiger partial charge on any atom is 0.156 e. The molecule has 0 atom stereocenters. The van der Waals surface area contributed by atoms with Gasteiger partial charge in [-0.1, -0.05) is 11.6 Å². The summed E-state index contributed by atoms with van der Waals surface area (Å²) in [5.74, 6) is 1.76. The molecular weight excluding hydrogens is 350 g/mol. The summed E-state index contributed by atoms with van der Waals surface area (Å²) >= 11 is 0. The van der Waals surface area contributed by atoms with Crippen LogP contribution < -0.4 is 5.32 Å². The monoisotopic (exact) mass is 369 g/mol. The number of nitriles is 1. The number of nitrogens with zero attached hydrogens (tertiary/aromatic N) is 6. The van der Waals surface area contributed by atoms with Gasteiger partial charge in [-0.3, -0.25) is 0 Å². The van der Waals surface area contributed by atoms with Gasteiger partial charge in [0, 0.05) is 17.1 Å². The van der Waals surface area contributed by atoms with Crippen LogP contribution in [0.3, 0.4) is 0 Å². The molecular formula is C21H19N7. The molecule has 4 aromatic rings. The Morgan fingerprint density at radius 1 is 1.00 bits per heavy atom. The van der Waals surface area contributed by atoms with E-state index in [-0.39, 0.29) is 0 Å². The molecule has 0 aliphatic rings. The van der Waals surface area contributed by atoms with Crippen molar-refractivity contribution in [2.45, 2.75) is 27.7 Å². The van der Waals surface area contributed by atoms with E-state index in [0.717, 1.165) is 27.7 Å². The van der Waals surface area contributed by atoms with E-state index in [1.54, 1.807) is 4.68 Å². The van der Waals surface area contributed by atoms with Crippen LogP contribution in [-0.2, 0) is 0 Å². The zero-order valence-electron chi connectivity index (χ0n) is 16.1. The quantitative estimate of drug-likeness (QED) is 0.585. The molecule has 0 bridgehead atoms. The second-order valence-corrected chi connectivity index (χ2v) is 6.88. The van der Waals surface area contributed by atoms with Crippen LogP contribution in [0, 0.1) is 39.0 Å². The average Bonchev–Trinajstić information content (AvgIpc) is 3.05. The summed E-state index contributed by atoms with van der Waals surface area (Å²) in [6.07, 6.45) is 3.01. The first-order valence-electron chi connectivity index (χ1n) is 8.89. The Morgan fingerprint density at radius 3 is 2.57 bits per heavy atom. The topological polar surface area (TPSA) is 92.3 Å². The van der Waals surface area contributed by atoms with Crippen molar-refractivity contribution < 1.29 is 0 Å². The van der Waals surface area contributed by atoms with Crippen molar-refractivity contribution in [3.05, 3.63) is 64.7 Å². The second kappa shape index (κ2) is 6.74. The molecule has 138 valence electrons. The van der Waals surface area contributed by atoms with Crippen LogP contribution >= 0.6 is 0 Å². The third kappa shape index (κ3) is 3.05. The number of rotatable bonds is 3. The van der Waals surface area contributed by atoms with E-state index in [2.05, 4.69) is 59.4 Å². The van der Waals surface area contributed by atoms with E-state index in [1.807, 2.05) is 19.1 Å². The van der Waals surface area contributed by atoms with Crippen molar-refractivity contribution in [3.8, 4) is 11.9 Å². The van der Waals surface area contributed by atoms with Crippen LogP contribution in [0.15, 0.2) is 36.8 Å². The van der Waals surface area contributed by atoms with Gasteiger partial charge in [0.15, 0.2) is 11.6 Å². The number of aryl methyl sites for hydroxylation is 4. The molecule has 3 heterocycles. The summed E-state index contributed by atoms with van der Waals surface area (Å²) < 4.78 is 1.64. The first-order chi connectivity index (χ1) is 13.5. The lowest BCUT2D eigenvalue weighted by atomic mass is 10.0. The number of fused-ring (bicyclic) bond motifs is 1. The summed E-state index contributed by atoms with van der Waals surface area (Å²) in [5, 5.41) is 18.2. The van der Waals surface area contributed by atoms with Crippen molar-refractivity contribution in [2.75, 3.05) is 5.32 Å². The zero-order chi connectivity index (χ0) is 19.8. The normalized spacial score (nSPS) is 10.8. The first-order valence-corrected chi connectivity index (χ1v) is 8.89. The van der Waals surface area contributed by atoms with Crippen molar-refractivity contribution >= 4 is 22.5 Å². The molecule has 0 amide bonds.